The van der Waals surface area contributed by atoms with Crippen LogP contribution in [0.4, 0.5) is 32.0 Å². The van der Waals surface area contributed by atoms with Crippen LogP contribution in [0.3, 0.4) is 0 Å². The molecule has 1 aliphatic heterocycles. The van der Waals surface area contributed by atoms with Crippen LogP contribution in [0.1, 0.15) is 16.7 Å². The van der Waals surface area contributed by atoms with E-state index in [1.807, 2.05) is 0 Å². The van der Waals surface area contributed by atoms with E-state index in [-0.39, 0.29) is 12.1 Å². The summed E-state index contributed by atoms with van der Waals surface area (Å²) in [6, 6.07) is -0.00510. The number of hydrogen-bond acceptors (Lipinski definition) is 4. The molecule has 5 nitrogen and oxygen atoms in total. The zero-order valence-corrected chi connectivity index (χ0v) is 10.1. The van der Waals surface area contributed by atoms with Gasteiger partial charge in [0.1, 0.15) is 0 Å². The van der Waals surface area contributed by atoms with Crippen molar-refractivity contribution in [3.63, 3.8) is 0 Å². The van der Waals surface area contributed by atoms with Crippen molar-refractivity contribution in [2.45, 2.75) is 12.4 Å². The Morgan fingerprint density at radius 1 is 1.00 bits per heavy atom. The fourth-order valence-electron chi connectivity index (χ4n) is 1.88. The smallest absolute Gasteiger partial charge is 0.410 e. The molecule has 2 rings (SSSR count). The molecule has 118 valence electrons. The fourth-order valence-corrected chi connectivity index (χ4v) is 1.88. The zero-order valence-electron chi connectivity index (χ0n) is 10.1. The van der Waals surface area contributed by atoms with E-state index in [1.165, 1.54) is 0 Å². The minimum atomic E-state index is -5.27. The highest BCUT2D eigenvalue weighted by Gasteiger charge is 2.44. The monoisotopic (exact) mass is 326 g/mol. The second kappa shape index (κ2) is 4.71. The molecule has 1 aromatic rings. The van der Waals surface area contributed by atoms with Gasteiger partial charge in [-0.1, -0.05) is 5.16 Å². The van der Waals surface area contributed by atoms with Crippen LogP contribution >= 0.6 is 0 Å². The Balaban J connectivity index is 2.86. The topological polar surface area (TPSA) is 78.8 Å². The molecule has 1 heterocycles. The number of fused-ring (bicyclic) bond motifs is 1. The third kappa shape index (κ3) is 2.49. The highest BCUT2D eigenvalue weighted by atomic mass is 19.4. The van der Waals surface area contributed by atoms with Gasteiger partial charge < -0.3 is 10.5 Å². The number of benzene rings is 1. The molecule has 0 unspecified atom stereocenters. The van der Waals surface area contributed by atoms with Gasteiger partial charge in [0.25, 0.3) is 11.7 Å². The Kier molecular flexibility index (Phi) is 3.38. The first-order valence-electron chi connectivity index (χ1n) is 5.37. The summed E-state index contributed by atoms with van der Waals surface area (Å²) in [5.41, 5.74) is -6.84. The normalized spacial score (nSPS) is 17.5. The van der Waals surface area contributed by atoms with Crippen LogP contribution in [0.2, 0.25) is 0 Å². The maximum Gasteiger partial charge on any atom is 0.417 e. The van der Waals surface area contributed by atoms with E-state index in [4.69, 9.17) is 5.21 Å². The predicted molar refractivity (Wildman–Crippen MR) is 58.4 cm³/mol. The molecule has 11 heteroatoms. The van der Waals surface area contributed by atoms with Crippen LogP contribution in [-0.2, 0) is 21.9 Å². The number of hydrogen-bond donors (Lipinski definition) is 2. The van der Waals surface area contributed by atoms with Crippen molar-refractivity contribution in [2.24, 2.45) is 5.16 Å². The summed E-state index contributed by atoms with van der Waals surface area (Å²) >= 11 is 0. The molecular formula is C11H4F6N2O3. The Morgan fingerprint density at radius 2 is 1.59 bits per heavy atom. The number of rotatable bonds is 0. The molecule has 0 atom stereocenters. The molecule has 0 fully saturated rings. The molecule has 0 bridgehead atoms. The van der Waals surface area contributed by atoms with Gasteiger partial charge in [-0.15, -0.1) is 0 Å². The first-order valence-corrected chi connectivity index (χ1v) is 5.37. The summed E-state index contributed by atoms with van der Waals surface area (Å²) in [4.78, 5) is 22.6. The van der Waals surface area contributed by atoms with Gasteiger partial charge in [0.05, 0.1) is 16.8 Å². The van der Waals surface area contributed by atoms with Crippen molar-refractivity contribution in [1.29, 1.82) is 0 Å². The van der Waals surface area contributed by atoms with E-state index in [0.717, 1.165) is 0 Å². The number of ketones is 1. The van der Waals surface area contributed by atoms with E-state index in [1.54, 1.807) is 5.32 Å². The standard InChI is InChI=1S/C11H4F6N2O3/c12-10(13,14)3-1-4(11(15,16)17)6-5(2-3)18-9(21)8(20)7(6)19-22/h1-2,22H,(H,18,21)/b19-7-. The Hall–Kier alpha value is -2.59. The van der Waals surface area contributed by atoms with Crippen molar-refractivity contribution < 1.29 is 41.1 Å². The van der Waals surface area contributed by atoms with E-state index >= 15 is 0 Å². The summed E-state index contributed by atoms with van der Waals surface area (Å²) in [7, 11) is 0. The lowest BCUT2D eigenvalue weighted by Gasteiger charge is -2.23. The van der Waals surface area contributed by atoms with Gasteiger partial charge >= 0.3 is 12.4 Å². The molecular weight excluding hydrogens is 322 g/mol. The highest BCUT2D eigenvalue weighted by molar-refractivity contribution is 6.72. The third-order valence-corrected chi connectivity index (χ3v) is 2.78. The molecule has 1 aromatic carbocycles. The minimum absolute atomic E-state index is 0.222. The van der Waals surface area contributed by atoms with Crippen LogP contribution in [0.15, 0.2) is 17.3 Å². The molecule has 0 spiro atoms. The molecule has 0 radical (unpaired) electrons. The van der Waals surface area contributed by atoms with Gasteiger partial charge in [0, 0.05) is 5.56 Å². The lowest BCUT2D eigenvalue weighted by Crippen LogP contribution is -2.38. The zero-order chi connectivity index (χ0) is 16.9. The van der Waals surface area contributed by atoms with Crippen molar-refractivity contribution in [2.75, 3.05) is 5.32 Å². The molecule has 22 heavy (non-hydrogen) atoms. The van der Waals surface area contributed by atoms with Crippen LogP contribution in [0.5, 0.6) is 0 Å². The molecule has 2 N–H and O–H groups in total. The summed E-state index contributed by atoms with van der Waals surface area (Å²) in [5.74, 6) is -3.10. The SMILES string of the molecule is O=C1Nc2cc(C(F)(F)F)cc(C(F)(F)F)c2/C(=N/O)C1=O. The maximum atomic E-state index is 12.9. The first kappa shape index (κ1) is 15.8. The molecule has 0 saturated carbocycles. The Bertz CT molecular complexity index is 705. The number of carbonyl (C=O) groups excluding carboxylic acids is 2. The lowest BCUT2D eigenvalue weighted by atomic mass is 9.92. The average Bonchev–Trinajstić information content (AvgIpc) is 2.37. The largest absolute Gasteiger partial charge is 0.417 e. The number of nitrogens with one attached hydrogen (secondary N) is 1. The number of carbonyl (C=O) groups is 2. The number of amides is 1. The molecule has 1 amide bonds. The third-order valence-electron chi connectivity index (χ3n) is 2.78. The van der Waals surface area contributed by atoms with Gasteiger partial charge in [-0.3, -0.25) is 9.59 Å². The Morgan fingerprint density at radius 3 is 2.05 bits per heavy atom. The summed E-state index contributed by atoms with van der Waals surface area (Å²) in [5, 5.41) is 12.6. The van der Waals surface area contributed by atoms with Crippen LogP contribution in [-0.4, -0.2) is 22.6 Å². The van der Waals surface area contributed by atoms with Gasteiger partial charge in [-0.05, 0) is 12.1 Å². The second-order valence-electron chi connectivity index (χ2n) is 4.17. The van der Waals surface area contributed by atoms with Gasteiger partial charge in [-0.25, -0.2) is 0 Å². The molecule has 0 saturated heterocycles. The van der Waals surface area contributed by atoms with Gasteiger partial charge in [-0.2, -0.15) is 26.3 Å². The second-order valence-corrected chi connectivity index (χ2v) is 4.17. The number of oxime groups is 1. The minimum Gasteiger partial charge on any atom is -0.410 e. The van der Waals surface area contributed by atoms with E-state index < -0.39 is 52.1 Å². The number of halogens is 6. The summed E-state index contributed by atoms with van der Waals surface area (Å²) in [6.45, 7) is 0. The van der Waals surface area contributed by atoms with Crippen molar-refractivity contribution in [3.05, 3.63) is 28.8 Å². The van der Waals surface area contributed by atoms with Gasteiger partial charge in [0.2, 0.25) is 0 Å². The highest BCUT2D eigenvalue weighted by Crippen LogP contribution is 2.41. The van der Waals surface area contributed by atoms with Crippen molar-refractivity contribution >= 4 is 23.1 Å². The molecule has 0 aliphatic carbocycles. The maximum absolute atomic E-state index is 12.9. The van der Waals surface area contributed by atoms with Crippen LogP contribution in [0, 0.1) is 0 Å². The first-order chi connectivity index (χ1) is 9.96. The number of anilines is 1. The fraction of sp³-hybridized carbons (Fsp3) is 0.182. The van der Waals surface area contributed by atoms with Gasteiger partial charge in [0.15, 0.2) is 5.71 Å². The van der Waals surface area contributed by atoms with Crippen molar-refractivity contribution in [1.82, 2.24) is 0 Å². The average molecular weight is 326 g/mol. The van der Waals surface area contributed by atoms with E-state index in [0.29, 0.717) is 0 Å². The van der Waals surface area contributed by atoms with Crippen LogP contribution < -0.4 is 5.32 Å². The summed E-state index contributed by atoms with van der Waals surface area (Å²) < 4.78 is 76.8. The van der Waals surface area contributed by atoms with E-state index in [2.05, 4.69) is 5.16 Å². The van der Waals surface area contributed by atoms with Crippen LogP contribution in [0.25, 0.3) is 0 Å². The predicted octanol–water partition coefficient (Wildman–Crippen LogP) is 2.42. The van der Waals surface area contributed by atoms with E-state index in [9.17, 15) is 35.9 Å². The number of Topliss-reactive ketones (excluding diaryl/α,β-unsaturated/α-hetero) is 1. The molecule has 0 aromatic heterocycles. The van der Waals surface area contributed by atoms with Crippen molar-refractivity contribution in [3.8, 4) is 0 Å². The summed E-state index contributed by atoms with van der Waals surface area (Å²) in [6.07, 6.45) is -10.4. The number of alkyl halides is 6. The quantitative estimate of drug-likeness (QED) is 0.333. The number of nitrogens with zero attached hydrogens (tertiary/aromatic N) is 1. The Labute approximate surface area is 117 Å². The lowest BCUT2D eigenvalue weighted by molar-refractivity contribution is -0.143. The molecule has 1 aliphatic rings.